The summed E-state index contributed by atoms with van der Waals surface area (Å²) in [5, 5.41) is 0. The fraction of sp³-hybridized carbons (Fsp3) is 0.636. The van der Waals surface area contributed by atoms with Crippen LogP contribution in [0.5, 0.6) is 5.75 Å². The summed E-state index contributed by atoms with van der Waals surface area (Å²) >= 11 is 0. The summed E-state index contributed by atoms with van der Waals surface area (Å²) in [6.45, 7) is 5.49. The van der Waals surface area contributed by atoms with Crippen LogP contribution in [0.15, 0.2) is 24.3 Å². The van der Waals surface area contributed by atoms with Crippen LogP contribution in [0.3, 0.4) is 0 Å². The molecule has 2 aliphatic carbocycles. The van der Waals surface area contributed by atoms with Crippen molar-refractivity contribution in [1.82, 2.24) is 4.90 Å². The standard InChI is InChI=1S/C22H30N2O3/c1-20(2)13-22(18(23)25)14-24(12-17(20)22)19(26)21(10-4-5-11-21)15-6-8-16(27-3)9-7-15/h6-9,17H,4-5,10-14H2,1-3H3,(H2,23,25)/t17-,22+/m1/s1. The van der Waals surface area contributed by atoms with Gasteiger partial charge in [-0.2, -0.15) is 0 Å². The fourth-order valence-corrected chi connectivity index (χ4v) is 6.20. The van der Waals surface area contributed by atoms with Crippen molar-refractivity contribution in [3.05, 3.63) is 29.8 Å². The Hall–Kier alpha value is -2.04. The van der Waals surface area contributed by atoms with E-state index in [2.05, 4.69) is 13.8 Å². The quantitative estimate of drug-likeness (QED) is 0.886. The maximum Gasteiger partial charge on any atom is 0.233 e. The first-order chi connectivity index (χ1) is 12.7. The number of nitrogens with zero attached hydrogens (tertiary/aromatic N) is 1. The molecular weight excluding hydrogens is 340 g/mol. The minimum absolute atomic E-state index is 0.0625. The summed E-state index contributed by atoms with van der Waals surface area (Å²) in [5.74, 6) is 0.900. The smallest absolute Gasteiger partial charge is 0.233 e. The average molecular weight is 370 g/mol. The fourth-order valence-electron chi connectivity index (χ4n) is 6.20. The van der Waals surface area contributed by atoms with Crippen LogP contribution < -0.4 is 10.5 Å². The van der Waals surface area contributed by atoms with Gasteiger partial charge in [0.2, 0.25) is 11.8 Å². The van der Waals surface area contributed by atoms with Crippen molar-refractivity contribution in [3.8, 4) is 5.75 Å². The van der Waals surface area contributed by atoms with Gasteiger partial charge in [-0.1, -0.05) is 38.8 Å². The van der Waals surface area contributed by atoms with E-state index in [4.69, 9.17) is 10.5 Å². The minimum Gasteiger partial charge on any atom is -0.497 e. The van der Waals surface area contributed by atoms with E-state index in [9.17, 15) is 9.59 Å². The zero-order valence-corrected chi connectivity index (χ0v) is 16.6. The van der Waals surface area contributed by atoms with Crippen LogP contribution in [-0.2, 0) is 15.0 Å². The Morgan fingerprint density at radius 2 is 1.78 bits per heavy atom. The predicted molar refractivity (Wildman–Crippen MR) is 103 cm³/mol. The van der Waals surface area contributed by atoms with Gasteiger partial charge >= 0.3 is 0 Å². The van der Waals surface area contributed by atoms with Crippen LogP contribution >= 0.6 is 0 Å². The first-order valence-corrected chi connectivity index (χ1v) is 9.99. The van der Waals surface area contributed by atoms with Crippen molar-refractivity contribution in [3.63, 3.8) is 0 Å². The molecule has 0 aromatic heterocycles. The molecule has 146 valence electrons. The van der Waals surface area contributed by atoms with E-state index in [1.807, 2.05) is 29.2 Å². The van der Waals surface area contributed by atoms with Gasteiger partial charge < -0.3 is 15.4 Å². The molecular formula is C22H30N2O3. The van der Waals surface area contributed by atoms with Crippen LogP contribution in [0, 0.1) is 16.7 Å². The molecule has 2 saturated carbocycles. The molecule has 0 radical (unpaired) electrons. The Kier molecular flexibility index (Phi) is 4.06. The van der Waals surface area contributed by atoms with Gasteiger partial charge in [-0.3, -0.25) is 9.59 Å². The Bertz CT molecular complexity index is 764. The molecule has 3 aliphatic rings. The molecule has 27 heavy (non-hydrogen) atoms. The highest BCUT2D eigenvalue weighted by molar-refractivity contribution is 5.91. The number of rotatable bonds is 4. The van der Waals surface area contributed by atoms with E-state index < -0.39 is 10.8 Å². The third-order valence-electron chi connectivity index (χ3n) is 7.54. The number of nitrogens with two attached hydrogens (primary N) is 1. The molecule has 2 amide bonds. The molecule has 2 N–H and O–H groups in total. The van der Waals surface area contributed by atoms with Gasteiger partial charge in [-0.25, -0.2) is 0 Å². The molecule has 1 saturated heterocycles. The van der Waals surface area contributed by atoms with E-state index in [0.29, 0.717) is 13.1 Å². The second-order valence-corrected chi connectivity index (χ2v) is 9.44. The lowest BCUT2D eigenvalue weighted by atomic mass is 9.48. The molecule has 5 heteroatoms. The van der Waals surface area contributed by atoms with Crippen molar-refractivity contribution in [2.45, 2.75) is 51.4 Å². The number of methoxy groups -OCH3 is 1. The van der Waals surface area contributed by atoms with Crippen molar-refractivity contribution in [2.75, 3.05) is 20.2 Å². The molecule has 5 nitrogen and oxygen atoms in total. The van der Waals surface area contributed by atoms with E-state index in [1.165, 1.54) is 0 Å². The molecule has 1 aromatic rings. The van der Waals surface area contributed by atoms with Gasteiger partial charge in [0.1, 0.15) is 5.75 Å². The van der Waals surface area contributed by atoms with Crippen LogP contribution in [0.4, 0.5) is 0 Å². The Balaban J connectivity index is 1.65. The van der Waals surface area contributed by atoms with Gasteiger partial charge in [-0.05, 0) is 48.3 Å². The summed E-state index contributed by atoms with van der Waals surface area (Å²) in [4.78, 5) is 28.0. The highest BCUT2D eigenvalue weighted by Crippen LogP contribution is 2.63. The first kappa shape index (κ1) is 18.3. The highest BCUT2D eigenvalue weighted by Gasteiger charge is 2.67. The summed E-state index contributed by atoms with van der Waals surface area (Å²) < 4.78 is 5.28. The van der Waals surface area contributed by atoms with Gasteiger partial charge in [0.25, 0.3) is 0 Å². The number of hydrogen-bond acceptors (Lipinski definition) is 3. The normalized spacial score (nSPS) is 30.5. The number of benzene rings is 1. The van der Waals surface area contributed by atoms with Gasteiger partial charge in [0.05, 0.1) is 17.9 Å². The minimum atomic E-state index is -0.529. The van der Waals surface area contributed by atoms with E-state index in [1.54, 1.807) is 7.11 Å². The Labute approximate surface area is 161 Å². The topological polar surface area (TPSA) is 72.6 Å². The first-order valence-electron chi connectivity index (χ1n) is 9.99. The van der Waals surface area contributed by atoms with Gasteiger partial charge in [0.15, 0.2) is 0 Å². The SMILES string of the molecule is COc1ccc(C2(C(=O)N3C[C@@H]4C(C)(C)C[C@]4(C(N)=O)C3)CCCC2)cc1. The van der Waals surface area contributed by atoms with E-state index >= 15 is 0 Å². The van der Waals surface area contributed by atoms with E-state index in [0.717, 1.165) is 43.4 Å². The molecule has 0 unspecified atom stereocenters. The maximum absolute atomic E-state index is 13.8. The zero-order valence-electron chi connectivity index (χ0n) is 16.6. The monoisotopic (exact) mass is 370 g/mol. The summed E-state index contributed by atoms with van der Waals surface area (Å²) in [6.07, 6.45) is 4.63. The van der Waals surface area contributed by atoms with Crippen LogP contribution in [-0.4, -0.2) is 36.9 Å². The van der Waals surface area contributed by atoms with Crippen LogP contribution in [0.1, 0.15) is 51.5 Å². The molecule has 0 bridgehead atoms. The second kappa shape index (κ2) is 5.98. The molecule has 3 fully saturated rings. The molecule has 2 atom stereocenters. The molecule has 1 heterocycles. The van der Waals surface area contributed by atoms with Crippen LogP contribution in [0.2, 0.25) is 0 Å². The van der Waals surface area contributed by atoms with Gasteiger partial charge in [-0.15, -0.1) is 0 Å². The maximum atomic E-state index is 13.8. The van der Waals surface area contributed by atoms with Crippen molar-refractivity contribution in [1.29, 1.82) is 0 Å². The summed E-state index contributed by atoms with van der Waals surface area (Å²) in [5.41, 5.74) is 5.92. The number of ether oxygens (including phenoxy) is 1. The molecule has 4 rings (SSSR count). The Morgan fingerprint density at radius 1 is 1.15 bits per heavy atom. The Morgan fingerprint density at radius 3 is 2.26 bits per heavy atom. The van der Waals surface area contributed by atoms with Crippen molar-refractivity contribution >= 4 is 11.8 Å². The predicted octanol–water partition coefficient (Wildman–Crippen LogP) is 2.87. The van der Waals surface area contributed by atoms with Crippen LogP contribution in [0.25, 0.3) is 0 Å². The van der Waals surface area contributed by atoms with Crippen molar-refractivity contribution in [2.24, 2.45) is 22.5 Å². The molecule has 1 aromatic carbocycles. The third kappa shape index (κ3) is 2.50. The lowest BCUT2D eigenvalue weighted by Gasteiger charge is -2.54. The highest BCUT2D eigenvalue weighted by atomic mass is 16.5. The van der Waals surface area contributed by atoms with Gasteiger partial charge in [0, 0.05) is 13.1 Å². The molecule has 1 aliphatic heterocycles. The number of carbonyl (C=O) groups is 2. The third-order valence-corrected chi connectivity index (χ3v) is 7.54. The number of primary amides is 1. The van der Waals surface area contributed by atoms with Crippen molar-refractivity contribution < 1.29 is 14.3 Å². The number of likely N-dealkylation sites (tertiary alicyclic amines) is 1. The van der Waals surface area contributed by atoms with E-state index in [-0.39, 0.29) is 23.1 Å². The molecule has 0 spiro atoms. The lowest BCUT2D eigenvalue weighted by Crippen LogP contribution is -2.59. The number of hydrogen-bond donors (Lipinski definition) is 1. The lowest BCUT2D eigenvalue weighted by molar-refractivity contribution is -0.148. The average Bonchev–Trinajstić information content (AvgIpc) is 3.26. The number of fused-ring (bicyclic) bond motifs is 1. The number of carbonyl (C=O) groups excluding carboxylic acids is 2. The number of amides is 2. The largest absolute Gasteiger partial charge is 0.497 e. The zero-order chi connectivity index (χ0) is 19.4. The summed E-state index contributed by atoms with van der Waals surface area (Å²) in [6, 6.07) is 7.93. The second-order valence-electron chi connectivity index (χ2n) is 9.44. The summed E-state index contributed by atoms with van der Waals surface area (Å²) in [7, 11) is 1.65.